The van der Waals surface area contributed by atoms with E-state index in [0.29, 0.717) is 27.8 Å². The lowest BCUT2D eigenvalue weighted by Gasteiger charge is -2.14. The molecule has 0 saturated carbocycles. The van der Waals surface area contributed by atoms with Crippen LogP contribution < -0.4 is 14.8 Å². The largest absolute Gasteiger partial charge is 0.497 e. The van der Waals surface area contributed by atoms with E-state index in [1.807, 2.05) is 0 Å². The van der Waals surface area contributed by atoms with Crippen molar-refractivity contribution in [2.45, 2.75) is 0 Å². The Labute approximate surface area is 179 Å². The number of methoxy groups -OCH3 is 2. The van der Waals surface area contributed by atoms with Crippen molar-refractivity contribution in [1.29, 1.82) is 0 Å². The van der Waals surface area contributed by atoms with Gasteiger partial charge >= 0.3 is 0 Å². The summed E-state index contributed by atoms with van der Waals surface area (Å²) in [6, 6.07) is 8.75. The molecule has 9 nitrogen and oxygen atoms in total. The molecule has 2 N–H and O–H groups in total. The molecule has 3 aromatic rings. The first-order valence-electron chi connectivity index (χ1n) is 8.36. The molecule has 29 heavy (non-hydrogen) atoms. The van der Waals surface area contributed by atoms with E-state index in [1.165, 1.54) is 23.3 Å². The van der Waals surface area contributed by atoms with Gasteiger partial charge in [-0.25, -0.2) is 0 Å². The Bertz CT molecular complexity index is 1030. The van der Waals surface area contributed by atoms with Gasteiger partial charge in [0.2, 0.25) is 11.9 Å². The summed E-state index contributed by atoms with van der Waals surface area (Å²) < 4.78 is 11.4. The van der Waals surface area contributed by atoms with Crippen LogP contribution in [-0.4, -0.2) is 59.7 Å². The zero-order chi connectivity index (χ0) is 21.0. The van der Waals surface area contributed by atoms with Crippen molar-refractivity contribution in [3.63, 3.8) is 0 Å². The molecular weight excluding hydrogens is 462 g/mol. The van der Waals surface area contributed by atoms with E-state index in [0.717, 1.165) is 3.79 Å². The van der Waals surface area contributed by atoms with Crippen LogP contribution in [0.3, 0.4) is 0 Å². The number of thiophene rings is 1. The van der Waals surface area contributed by atoms with Crippen LogP contribution in [0, 0.1) is 0 Å². The number of aromatic nitrogens is 3. The summed E-state index contributed by atoms with van der Waals surface area (Å²) in [4.78, 5) is 30.7. The van der Waals surface area contributed by atoms with E-state index in [1.54, 1.807) is 44.5 Å². The van der Waals surface area contributed by atoms with Gasteiger partial charge in [0, 0.05) is 13.1 Å². The number of hydrogen-bond donors (Lipinski definition) is 2. The molecule has 0 aliphatic carbocycles. The lowest BCUT2D eigenvalue weighted by atomic mass is 10.2. The molecule has 2 aromatic heterocycles. The average molecular weight is 480 g/mol. The summed E-state index contributed by atoms with van der Waals surface area (Å²) in [5, 5.41) is 9.34. The van der Waals surface area contributed by atoms with Gasteiger partial charge in [0.25, 0.3) is 5.91 Å². The fourth-order valence-electron chi connectivity index (χ4n) is 2.50. The van der Waals surface area contributed by atoms with Crippen LogP contribution in [0.2, 0.25) is 0 Å². The SMILES string of the molecule is COc1ccc(-c2nc(NC(=O)CN(C)C(=O)c3ccc(Br)s3)n[nH]2)c(OC)c1. The third-order valence-electron chi connectivity index (χ3n) is 3.91. The number of rotatable bonds is 7. The highest BCUT2D eigenvalue weighted by atomic mass is 79.9. The highest BCUT2D eigenvalue weighted by molar-refractivity contribution is 9.11. The predicted octanol–water partition coefficient (Wildman–Crippen LogP) is 3.02. The van der Waals surface area contributed by atoms with E-state index in [2.05, 4.69) is 36.4 Å². The van der Waals surface area contributed by atoms with Gasteiger partial charge in [-0.05, 0) is 40.2 Å². The minimum absolute atomic E-state index is 0.0996. The molecule has 0 aliphatic heterocycles. The first kappa shape index (κ1) is 20.8. The van der Waals surface area contributed by atoms with Crippen LogP contribution in [0.15, 0.2) is 34.1 Å². The normalized spacial score (nSPS) is 10.5. The molecule has 0 aliphatic rings. The summed E-state index contributed by atoms with van der Waals surface area (Å²) in [6.45, 7) is -0.135. The van der Waals surface area contributed by atoms with E-state index in [4.69, 9.17) is 9.47 Å². The molecular formula is C18H18BrN5O4S. The van der Waals surface area contributed by atoms with Crippen molar-refractivity contribution in [2.75, 3.05) is 33.1 Å². The Balaban J connectivity index is 1.65. The fraction of sp³-hybridized carbons (Fsp3) is 0.222. The number of amides is 2. The van der Waals surface area contributed by atoms with Gasteiger partial charge in [-0.3, -0.25) is 20.0 Å². The average Bonchev–Trinajstić information content (AvgIpc) is 3.35. The minimum atomic E-state index is -0.413. The molecule has 1 aromatic carbocycles. The molecule has 0 saturated heterocycles. The van der Waals surface area contributed by atoms with Crippen LogP contribution in [0.1, 0.15) is 9.67 Å². The van der Waals surface area contributed by atoms with Crippen LogP contribution in [0.5, 0.6) is 11.5 Å². The Morgan fingerprint density at radius 1 is 1.24 bits per heavy atom. The Kier molecular flexibility index (Phi) is 6.49. The number of likely N-dealkylation sites (N-methyl/N-ethyl adjacent to an activating group) is 1. The molecule has 0 radical (unpaired) electrons. The summed E-state index contributed by atoms with van der Waals surface area (Å²) >= 11 is 4.62. The van der Waals surface area contributed by atoms with Crippen molar-refractivity contribution >= 4 is 45.0 Å². The molecule has 0 unspecified atom stereocenters. The number of halogens is 1. The second kappa shape index (κ2) is 9.05. The molecule has 152 valence electrons. The van der Waals surface area contributed by atoms with Crippen molar-refractivity contribution in [2.24, 2.45) is 0 Å². The third-order valence-corrected chi connectivity index (χ3v) is 5.52. The van der Waals surface area contributed by atoms with Crippen LogP contribution in [0.25, 0.3) is 11.4 Å². The number of benzene rings is 1. The maximum atomic E-state index is 12.3. The van der Waals surface area contributed by atoms with Crippen LogP contribution >= 0.6 is 27.3 Å². The minimum Gasteiger partial charge on any atom is -0.497 e. The lowest BCUT2D eigenvalue weighted by Crippen LogP contribution is -2.34. The molecule has 2 amide bonds. The van der Waals surface area contributed by atoms with Crippen LogP contribution in [-0.2, 0) is 4.79 Å². The predicted molar refractivity (Wildman–Crippen MR) is 113 cm³/mol. The summed E-state index contributed by atoms with van der Waals surface area (Å²) in [7, 11) is 4.66. The second-order valence-corrected chi connectivity index (χ2v) is 8.35. The number of H-pyrrole nitrogens is 1. The Morgan fingerprint density at radius 2 is 2.03 bits per heavy atom. The maximum Gasteiger partial charge on any atom is 0.264 e. The number of carbonyl (C=O) groups excluding carboxylic acids is 2. The highest BCUT2D eigenvalue weighted by Gasteiger charge is 2.18. The zero-order valence-corrected chi connectivity index (χ0v) is 18.3. The zero-order valence-electron chi connectivity index (χ0n) is 15.9. The number of anilines is 1. The van der Waals surface area contributed by atoms with Gasteiger partial charge in [0.05, 0.1) is 35.0 Å². The van der Waals surface area contributed by atoms with Crippen molar-refractivity contribution in [1.82, 2.24) is 20.1 Å². The van der Waals surface area contributed by atoms with Gasteiger partial charge in [0.1, 0.15) is 11.5 Å². The summed E-state index contributed by atoms with van der Waals surface area (Å²) in [6.07, 6.45) is 0. The fourth-order valence-corrected chi connectivity index (χ4v) is 3.88. The highest BCUT2D eigenvalue weighted by Crippen LogP contribution is 2.31. The smallest absolute Gasteiger partial charge is 0.264 e. The summed E-state index contributed by atoms with van der Waals surface area (Å²) in [5.74, 6) is 1.06. The molecule has 11 heteroatoms. The molecule has 3 rings (SSSR count). The quantitative estimate of drug-likeness (QED) is 0.538. The van der Waals surface area contributed by atoms with Crippen molar-refractivity contribution in [3.8, 4) is 22.9 Å². The van der Waals surface area contributed by atoms with E-state index >= 15 is 0 Å². The maximum absolute atomic E-state index is 12.3. The number of aromatic amines is 1. The van der Waals surface area contributed by atoms with E-state index in [9.17, 15) is 9.59 Å². The van der Waals surface area contributed by atoms with Gasteiger partial charge in [-0.1, -0.05) is 0 Å². The standard InChI is InChI=1S/C18H18BrN5O4S/c1-24(17(26)13-6-7-14(19)29-13)9-15(25)20-18-21-16(22-23-18)11-5-4-10(27-2)8-12(11)28-3/h4-8H,9H2,1-3H3,(H2,20,21,22,23,25). The van der Waals surface area contributed by atoms with Crippen LogP contribution in [0.4, 0.5) is 5.95 Å². The number of ether oxygens (including phenoxy) is 2. The Hall–Kier alpha value is -2.92. The topological polar surface area (TPSA) is 109 Å². The number of nitrogens with one attached hydrogen (secondary N) is 2. The van der Waals surface area contributed by atoms with E-state index < -0.39 is 5.91 Å². The van der Waals surface area contributed by atoms with Gasteiger partial charge in [-0.15, -0.1) is 16.4 Å². The second-order valence-electron chi connectivity index (χ2n) is 5.89. The number of hydrogen-bond acceptors (Lipinski definition) is 7. The first-order chi connectivity index (χ1) is 13.9. The molecule has 2 heterocycles. The molecule has 0 bridgehead atoms. The van der Waals surface area contributed by atoms with Crippen molar-refractivity contribution in [3.05, 3.63) is 39.0 Å². The van der Waals surface area contributed by atoms with E-state index in [-0.39, 0.29) is 18.4 Å². The van der Waals surface area contributed by atoms with Crippen molar-refractivity contribution < 1.29 is 19.1 Å². The van der Waals surface area contributed by atoms with Gasteiger partial charge < -0.3 is 14.4 Å². The molecule has 0 atom stereocenters. The van der Waals surface area contributed by atoms with Gasteiger partial charge in [-0.2, -0.15) is 4.98 Å². The Morgan fingerprint density at radius 3 is 2.69 bits per heavy atom. The molecule has 0 fully saturated rings. The number of nitrogens with zero attached hydrogens (tertiary/aromatic N) is 3. The monoisotopic (exact) mass is 479 g/mol. The lowest BCUT2D eigenvalue weighted by molar-refractivity contribution is -0.116. The third kappa shape index (κ3) is 4.93. The number of carbonyl (C=O) groups is 2. The summed E-state index contributed by atoms with van der Waals surface area (Å²) in [5.41, 5.74) is 0.664. The molecule has 0 spiro atoms. The first-order valence-corrected chi connectivity index (χ1v) is 9.97. The van der Waals surface area contributed by atoms with Gasteiger partial charge in [0.15, 0.2) is 5.82 Å².